The van der Waals surface area contributed by atoms with Crippen molar-refractivity contribution >= 4 is 21.0 Å². The molecule has 0 amide bonds. The lowest BCUT2D eigenvalue weighted by Gasteiger charge is -2.35. The van der Waals surface area contributed by atoms with Crippen molar-refractivity contribution in [3.05, 3.63) is 40.8 Å². The van der Waals surface area contributed by atoms with Gasteiger partial charge in [0.05, 0.1) is 4.90 Å². The molecule has 6 nitrogen and oxygen atoms in total. The van der Waals surface area contributed by atoms with E-state index < -0.39 is 15.6 Å². The average molecular weight is 322 g/mol. The third-order valence-corrected chi connectivity index (χ3v) is 5.58. The van der Waals surface area contributed by atoms with Gasteiger partial charge in [0.25, 0.3) is 0 Å². The normalized spacial score (nSPS) is 23.7. The predicted octanol–water partition coefficient (Wildman–Crippen LogP) is 1.16. The molecule has 2 aromatic rings. The third-order valence-electron chi connectivity index (χ3n) is 3.75. The van der Waals surface area contributed by atoms with E-state index in [1.807, 2.05) is 13.8 Å². The molecule has 22 heavy (non-hydrogen) atoms. The molecule has 1 aliphatic heterocycles. The zero-order valence-corrected chi connectivity index (χ0v) is 13.3. The first-order chi connectivity index (χ1) is 10.4. The highest BCUT2D eigenvalue weighted by molar-refractivity contribution is 7.89. The van der Waals surface area contributed by atoms with E-state index in [0.717, 1.165) is 0 Å². The highest BCUT2D eigenvalue weighted by atomic mass is 32.2. The Morgan fingerprint density at radius 3 is 2.50 bits per heavy atom. The van der Waals surface area contributed by atoms with Crippen molar-refractivity contribution < 1.29 is 12.8 Å². The first kappa shape index (κ1) is 15.2. The minimum absolute atomic E-state index is 0.108. The second kappa shape index (κ2) is 5.49. The maximum Gasteiger partial charge on any atom is 0.336 e. The molecule has 2 atom stereocenters. The second-order valence-corrected chi connectivity index (χ2v) is 7.68. The molecule has 118 valence electrons. The molecule has 1 fully saturated rings. The molecule has 2 unspecified atom stereocenters. The Labute approximate surface area is 128 Å². The summed E-state index contributed by atoms with van der Waals surface area (Å²) in [5, 5.41) is 3.91. The molecular formula is C15H18N2O4S. The quantitative estimate of drug-likeness (QED) is 0.840. The van der Waals surface area contributed by atoms with Gasteiger partial charge in [0.15, 0.2) is 0 Å². The molecule has 7 heteroatoms. The van der Waals surface area contributed by atoms with Gasteiger partial charge in [-0.2, -0.15) is 4.31 Å². The summed E-state index contributed by atoms with van der Waals surface area (Å²) in [4.78, 5) is 11.4. The Morgan fingerprint density at radius 2 is 1.82 bits per heavy atom. The number of nitrogens with zero attached hydrogens (tertiary/aromatic N) is 1. The van der Waals surface area contributed by atoms with Gasteiger partial charge in [0.2, 0.25) is 10.0 Å². The molecule has 1 aromatic heterocycles. The highest BCUT2D eigenvalue weighted by Gasteiger charge is 2.31. The van der Waals surface area contributed by atoms with Crippen LogP contribution in [0.25, 0.3) is 11.0 Å². The molecule has 0 bridgehead atoms. The van der Waals surface area contributed by atoms with Gasteiger partial charge in [-0.1, -0.05) is 0 Å². The lowest BCUT2D eigenvalue weighted by atomic mass is 10.2. The van der Waals surface area contributed by atoms with Gasteiger partial charge < -0.3 is 9.73 Å². The van der Waals surface area contributed by atoms with E-state index in [1.54, 1.807) is 12.1 Å². The summed E-state index contributed by atoms with van der Waals surface area (Å²) >= 11 is 0. The van der Waals surface area contributed by atoms with Crippen LogP contribution in [0, 0.1) is 0 Å². The van der Waals surface area contributed by atoms with Gasteiger partial charge >= 0.3 is 5.63 Å². The fraction of sp³-hybridized carbons (Fsp3) is 0.400. The van der Waals surface area contributed by atoms with E-state index in [2.05, 4.69) is 5.32 Å². The van der Waals surface area contributed by atoms with Crippen LogP contribution in [-0.2, 0) is 10.0 Å². The fourth-order valence-electron chi connectivity index (χ4n) is 2.83. The zero-order valence-electron chi connectivity index (χ0n) is 12.4. The summed E-state index contributed by atoms with van der Waals surface area (Å²) < 4.78 is 32.1. The summed E-state index contributed by atoms with van der Waals surface area (Å²) in [6.07, 6.45) is 0. The number of hydrogen-bond acceptors (Lipinski definition) is 5. The first-order valence-corrected chi connectivity index (χ1v) is 8.60. The summed E-state index contributed by atoms with van der Waals surface area (Å²) in [6, 6.07) is 7.63. The average Bonchev–Trinajstić information content (AvgIpc) is 2.45. The number of rotatable bonds is 2. The van der Waals surface area contributed by atoms with Crippen molar-refractivity contribution in [2.75, 3.05) is 13.1 Å². The van der Waals surface area contributed by atoms with Gasteiger partial charge in [-0.25, -0.2) is 13.2 Å². The molecule has 0 radical (unpaired) electrons. The standard InChI is InChI=1S/C15H18N2O4S/c1-10-8-17(9-11(2)16-10)22(19,20)13-4-5-14-12(7-13)3-6-15(18)21-14/h3-7,10-11,16H,8-9H2,1-2H3. The Balaban J connectivity index is 2.01. The third kappa shape index (κ3) is 2.79. The van der Waals surface area contributed by atoms with E-state index in [1.165, 1.54) is 22.5 Å². The predicted molar refractivity (Wildman–Crippen MR) is 83.3 cm³/mol. The van der Waals surface area contributed by atoms with E-state index in [-0.39, 0.29) is 17.0 Å². The lowest BCUT2D eigenvalue weighted by molar-refractivity contribution is 0.263. The Bertz CT molecular complexity index is 849. The van der Waals surface area contributed by atoms with Crippen LogP contribution < -0.4 is 10.9 Å². The molecule has 0 saturated carbocycles. The minimum Gasteiger partial charge on any atom is -0.423 e. The van der Waals surface area contributed by atoms with Crippen LogP contribution in [0.2, 0.25) is 0 Å². The number of fused-ring (bicyclic) bond motifs is 1. The number of benzene rings is 1. The maximum atomic E-state index is 12.8. The van der Waals surface area contributed by atoms with Crippen molar-refractivity contribution in [3.8, 4) is 0 Å². The highest BCUT2D eigenvalue weighted by Crippen LogP contribution is 2.22. The van der Waals surface area contributed by atoms with E-state index in [0.29, 0.717) is 24.1 Å². The molecule has 0 aliphatic carbocycles. The lowest BCUT2D eigenvalue weighted by Crippen LogP contribution is -2.55. The minimum atomic E-state index is -3.56. The van der Waals surface area contributed by atoms with Crippen LogP contribution >= 0.6 is 0 Å². The molecule has 1 aromatic carbocycles. The molecule has 1 N–H and O–H groups in total. The van der Waals surface area contributed by atoms with E-state index in [9.17, 15) is 13.2 Å². The second-order valence-electron chi connectivity index (χ2n) is 5.74. The van der Waals surface area contributed by atoms with Crippen LogP contribution in [0.4, 0.5) is 0 Å². The largest absolute Gasteiger partial charge is 0.423 e. The smallest absolute Gasteiger partial charge is 0.336 e. The van der Waals surface area contributed by atoms with Crippen LogP contribution in [-0.4, -0.2) is 37.9 Å². The summed E-state index contributed by atoms with van der Waals surface area (Å²) in [6.45, 7) is 4.81. The van der Waals surface area contributed by atoms with Crippen molar-refractivity contribution in [3.63, 3.8) is 0 Å². The van der Waals surface area contributed by atoms with Crippen molar-refractivity contribution in [1.82, 2.24) is 9.62 Å². The SMILES string of the molecule is CC1CN(S(=O)(=O)c2ccc3oc(=O)ccc3c2)CC(C)N1. The number of piperazine rings is 1. The molecule has 2 heterocycles. The number of sulfonamides is 1. The maximum absolute atomic E-state index is 12.8. The first-order valence-electron chi connectivity index (χ1n) is 7.16. The van der Waals surface area contributed by atoms with Gasteiger partial charge in [-0.05, 0) is 38.1 Å². The van der Waals surface area contributed by atoms with Gasteiger partial charge in [0, 0.05) is 36.6 Å². The summed E-state index contributed by atoms with van der Waals surface area (Å²) in [5.41, 5.74) is -0.0682. The van der Waals surface area contributed by atoms with Crippen molar-refractivity contribution in [1.29, 1.82) is 0 Å². The van der Waals surface area contributed by atoms with Crippen molar-refractivity contribution in [2.24, 2.45) is 0 Å². The van der Waals surface area contributed by atoms with Gasteiger partial charge in [-0.3, -0.25) is 0 Å². The summed E-state index contributed by atoms with van der Waals surface area (Å²) in [7, 11) is -3.56. The van der Waals surface area contributed by atoms with E-state index >= 15 is 0 Å². The molecule has 0 spiro atoms. The Morgan fingerprint density at radius 1 is 1.14 bits per heavy atom. The van der Waals surface area contributed by atoms with Crippen LogP contribution in [0.3, 0.4) is 0 Å². The zero-order chi connectivity index (χ0) is 15.9. The Hall–Kier alpha value is -1.70. The van der Waals surface area contributed by atoms with Crippen molar-refractivity contribution in [2.45, 2.75) is 30.8 Å². The number of hydrogen-bond donors (Lipinski definition) is 1. The Kier molecular flexibility index (Phi) is 3.80. The van der Waals surface area contributed by atoms with Crippen LogP contribution in [0.5, 0.6) is 0 Å². The molecule has 3 rings (SSSR count). The van der Waals surface area contributed by atoms with Gasteiger partial charge in [-0.15, -0.1) is 0 Å². The van der Waals surface area contributed by atoms with Crippen LogP contribution in [0.1, 0.15) is 13.8 Å². The number of nitrogens with one attached hydrogen (secondary N) is 1. The topological polar surface area (TPSA) is 79.6 Å². The molecule has 1 aliphatic rings. The fourth-order valence-corrected chi connectivity index (χ4v) is 4.49. The molecule has 1 saturated heterocycles. The van der Waals surface area contributed by atoms with Gasteiger partial charge in [0.1, 0.15) is 5.58 Å². The van der Waals surface area contributed by atoms with Crippen LogP contribution in [0.15, 0.2) is 44.4 Å². The van der Waals surface area contributed by atoms with E-state index in [4.69, 9.17) is 4.42 Å². The summed E-state index contributed by atoms with van der Waals surface area (Å²) in [5.74, 6) is 0. The monoisotopic (exact) mass is 322 g/mol. The molecular weight excluding hydrogens is 304 g/mol.